The van der Waals surface area contributed by atoms with Crippen LogP contribution in [0.2, 0.25) is 0 Å². The minimum Gasteiger partial charge on any atom is -0.444 e. The molecule has 112 valence electrons. The summed E-state index contributed by atoms with van der Waals surface area (Å²) in [5.74, 6) is -2.89. The number of hydrogen-bond acceptors (Lipinski definition) is 3. The van der Waals surface area contributed by atoms with Crippen LogP contribution in [0.3, 0.4) is 0 Å². The smallest absolute Gasteiger partial charge is 0.410 e. The Hall–Kier alpha value is -0.910. The van der Waals surface area contributed by atoms with Crippen molar-refractivity contribution >= 4 is 6.09 Å². The van der Waals surface area contributed by atoms with E-state index in [0.717, 1.165) is 4.90 Å². The average Bonchev–Trinajstić information content (AvgIpc) is 2.24. The van der Waals surface area contributed by atoms with E-state index in [-0.39, 0.29) is 6.42 Å². The summed E-state index contributed by atoms with van der Waals surface area (Å²) in [7, 11) is 3.02. The Kier molecular flexibility index (Phi) is 4.76. The highest BCUT2D eigenvalue weighted by Crippen LogP contribution is 2.36. The van der Waals surface area contributed by atoms with Gasteiger partial charge in [0.2, 0.25) is 0 Å². The predicted octanol–water partition coefficient (Wildman–Crippen LogP) is 2.63. The number of hydrogen-bond donors (Lipinski definition) is 1. The number of alkyl halides is 2. The number of nitrogens with one attached hydrogen (secondary N) is 1. The lowest BCUT2D eigenvalue weighted by molar-refractivity contribution is -0.111. The fraction of sp³-hybridized carbons (Fsp3) is 0.923. The fourth-order valence-corrected chi connectivity index (χ4v) is 2.46. The molecular formula is C13H24F2N2O2. The van der Waals surface area contributed by atoms with Crippen molar-refractivity contribution in [2.75, 3.05) is 14.1 Å². The molecule has 0 saturated heterocycles. The summed E-state index contributed by atoms with van der Waals surface area (Å²) in [5.41, 5.74) is -0.690. The quantitative estimate of drug-likeness (QED) is 0.844. The largest absolute Gasteiger partial charge is 0.444 e. The maximum atomic E-state index is 14.1. The number of rotatable bonds is 2. The molecule has 2 atom stereocenters. The zero-order valence-corrected chi connectivity index (χ0v) is 12.3. The molecule has 6 heteroatoms. The monoisotopic (exact) mass is 278 g/mol. The second-order valence-electron chi connectivity index (χ2n) is 6.08. The molecule has 1 aliphatic carbocycles. The van der Waals surface area contributed by atoms with E-state index in [1.807, 2.05) is 0 Å². The summed E-state index contributed by atoms with van der Waals surface area (Å²) < 4.78 is 33.3. The topological polar surface area (TPSA) is 41.6 Å². The van der Waals surface area contributed by atoms with Gasteiger partial charge in [0.1, 0.15) is 11.6 Å². The molecule has 0 bridgehead atoms. The van der Waals surface area contributed by atoms with Crippen molar-refractivity contribution in [2.45, 2.75) is 63.6 Å². The highest BCUT2D eigenvalue weighted by atomic mass is 19.3. The van der Waals surface area contributed by atoms with E-state index >= 15 is 0 Å². The van der Waals surface area contributed by atoms with Crippen LogP contribution in [0.1, 0.15) is 40.0 Å². The standard InChI is InChI=1S/C13H24F2N2O2/c1-12(2,3)19-11(18)17(5)10-9(16-4)7-6-8-13(10,14)15/h9-10,16H,6-8H2,1-5H3. The Bertz CT molecular complexity index is 329. The normalized spacial score (nSPS) is 26.9. The van der Waals surface area contributed by atoms with Crippen LogP contribution in [0.5, 0.6) is 0 Å². The first-order chi connectivity index (χ1) is 8.58. The molecule has 19 heavy (non-hydrogen) atoms. The first-order valence-corrected chi connectivity index (χ1v) is 6.59. The van der Waals surface area contributed by atoms with Gasteiger partial charge in [0, 0.05) is 19.5 Å². The Balaban J connectivity index is 2.86. The van der Waals surface area contributed by atoms with Crippen LogP contribution >= 0.6 is 0 Å². The summed E-state index contributed by atoms with van der Waals surface area (Å²) in [6, 6.07) is -1.58. The van der Waals surface area contributed by atoms with Gasteiger partial charge in [0.25, 0.3) is 5.92 Å². The van der Waals surface area contributed by atoms with Crippen molar-refractivity contribution in [1.82, 2.24) is 10.2 Å². The van der Waals surface area contributed by atoms with Crippen molar-refractivity contribution < 1.29 is 18.3 Å². The molecule has 0 aliphatic heterocycles. The first-order valence-electron chi connectivity index (χ1n) is 6.59. The third-order valence-corrected chi connectivity index (χ3v) is 3.31. The van der Waals surface area contributed by atoms with E-state index in [4.69, 9.17) is 4.74 Å². The second kappa shape index (κ2) is 5.61. The number of amides is 1. The van der Waals surface area contributed by atoms with Crippen LogP contribution in [0.15, 0.2) is 0 Å². The van der Waals surface area contributed by atoms with Gasteiger partial charge in [0.05, 0.1) is 0 Å². The molecular weight excluding hydrogens is 254 g/mol. The molecule has 0 aromatic rings. The van der Waals surface area contributed by atoms with Gasteiger partial charge < -0.3 is 15.0 Å². The number of likely N-dealkylation sites (N-methyl/N-ethyl adjacent to an activating group) is 2. The van der Waals surface area contributed by atoms with Crippen LogP contribution in [-0.4, -0.2) is 48.7 Å². The van der Waals surface area contributed by atoms with E-state index in [2.05, 4.69) is 5.32 Å². The zero-order valence-electron chi connectivity index (χ0n) is 12.3. The molecule has 0 aromatic carbocycles. The lowest BCUT2D eigenvalue weighted by Gasteiger charge is -2.42. The highest BCUT2D eigenvalue weighted by molar-refractivity contribution is 5.68. The second-order valence-corrected chi connectivity index (χ2v) is 6.08. The van der Waals surface area contributed by atoms with E-state index < -0.39 is 29.7 Å². The van der Waals surface area contributed by atoms with Crippen LogP contribution in [0.4, 0.5) is 13.6 Å². The van der Waals surface area contributed by atoms with Gasteiger partial charge in [0.15, 0.2) is 0 Å². The molecule has 2 unspecified atom stereocenters. The SMILES string of the molecule is CNC1CCCC(F)(F)C1N(C)C(=O)OC(C)(C)C. The average molecular weight is 278 g/mol. The number of nitrogens with zero attached hydrogens (tertiary/aromatic N) is 1. The molecule has 1 fully saturated rings. The van der Waals surface area contributed by atoms with Crippen molar-refractivity contribution in [1.29, 1.82) is 0 Å². The van der Waals surface area contributed by atoms with Crippen molar-refractivity contribution in [3.8, 4) is 0 Å². The number of carbonyl (C=O) groups is 1. The lowest BCUT2D eigenvalue weighted by atomic mass is 9.86. The number of ether oxygens (including phenoxy) is 1. The minimum atomic E-state index is -2.89. The van der Waals surface area contributed by atoms with Crippen molar-refractivity contribution in [2.24, 2.45) is 0 Å². The lowest BCUT2D eigenvalue weighted by Crippen LogP contribution is -2.61. The summed E-state index contributed by atoms with van der Waals surface area (Å²) >= 11 is 0. The maximum Gasteiger partial charge on any atom is 0.410 e. The summed E-state index contributed by atoms with van der Waals surface area (Å²) in [6.45, 7) is 5.15. The summed E-state index contributed by atoms with van der Waals surface area (Å²) in [6.07, 6.45) is 0.184. The minimum absolute atomic E-state index is 0.191. The molecule has 0 aromatic heterocycles. The Morgan fingerprint density at radius 2 is 2.00 bits per heavy atom. The van der Waals surface area contributed by atoms with Gasteiger partial charge in [-0.1, -0.05) is 0 Å². The fourth-order valence-electron chi connectivity index (χ4n) is 2.46. The predicted molar refractivity (Wildman–Crippen MR) is 69.4 cm³/mol. The van der Waals surface area contributed by atoms with Crippen LogP contribution < -0.4 is 5.32 Å². The van der Waals surface area contributed by atoms with Crippen LogP contribution in [0, 0.1) is 0 Å². The number of halogens is 2. The molecule has 1 N–H and O–H groups in total. The van der Waals surface area contributed by atoms with Gasteiger partial charge in [-0.3, -0.25) is 0 Å². The molecule has 1 rings (SSSR count). The van der Waals surface area contributed by atoms with Gasteiger partial charge in [-0.05, 0) is 40.7 Å². The molecule has 1 aliphatic rings. The molecule has 0 radical (unpaired) electrons. The first kappa shape index (κ1) is 16.1. The van der Waals surface area contributed by atoms with E-state index in [1.54, 1.807) is 27.8 Å². The maximum absolute atomic E-state index is 14.1. The van der Waals surface area contributed by atoms with Crippen molar-refractivity contribution in [3.05, 3.63) is 0 Å². The Labute approximate surface area is 113 Å². The molecule has 1 amide bonds. The van der Waals surface area contributed by atoms with Gasteiger partial charge in [-0.2, -0.15) is 0 Å². The Morgan fingerprint density at radius 1 is 1.42 bits per heavy atom. The third-order valence-electron chi connectivity index (χ3n) is 3.31. The van der Waals surface area contributed by atoms with Gasteiger partial charge >= 0.3 is 6.09 Å². The van der Waals surface area contributed by atoms with Gasteiger partial charge in [-0.15, -0.1) is 0 Å². The molecule has 0 heterocycles. The van der Waals surface area contributed by atoms with Crippen LogP contribution in [-0.2, 0) is 4.74 Å². The highest BCUT2D eigenvalue weighted by Gasteiger charge is 2.50. The van der Waals surface area contributed by atoms with E-state index in [1.165, 1.54) is 7.05 Å². The third kappa shape index (κ3) is 4.03. The molecule has 1 saturated carbocycles. The van der Waals surface area contributed by atoms with E-state index in [9.17, 15) is 13.6 Å². The van der Waals surface area contributed by atoms with Gasteiger partial charge in [-0.25, -0.2) is 13.6 Å². The zero-order chi connectivity index (χ0) is 14.8. The summed E-state index contributed by atoms with van der Waals surface area (Å²) in [4.78, 5) is 13.0. The molecule has 0 spiro atoms. The Morgan fingerprint density at radius 3 is 2.47 bits per heavy atom. The number of carbonyl (C=O) groups excluding carboxylic acids is 1. The van der Waals surface area contributed by atoms with Crippen LogP contribution in [0.25, 0.3) is 0 Å². The molecule has 4 nitrogen and oxygen atoms in total. The summed E-state index contributed by atoms with van der Waals surface area (Å²) in [5, 5.41) is 2.88. The van der Waals surface area contributed by atoms with E-state index in [0.29, 0.717) is 12.8 Å². The van der Waals surface area contributed by atoms with Crippen molar-refractivity contribution in [3.63, 3.8) is 0 Å².